The van der Waals surface area contributed by atoms with Gasteiger partial charge in [-0.15, -0.1) is 11.3 Å². The van der Waals surface area contributed by atoms with Crippen LogP contribution in [0.1, 0.15) is 31.3 Å². The van der Waals surface area contributed by atoms with Crippen molar-refractivity contribution in [2.45, 2.75) is 39.4 Å². The van der Waals surface area contributed by atoms with Gasteiger partial charge in [0, 0.05) is 33.0 Å². The zero-order valence-electron chi connectivity index (χ0n) is 10.9. The summed E-state index contributed by atoms with van der Waals surface area (Å²) in [5, 5.41) is 5.60. The van der Waals surface area contributed by atoms with Gasteiger partial charge in [0.15, 0.2) is 0 Å². The molecule has 1 N–H and O–H groups in total. The molecule has 2 aromatic heterocycles. The Kier molecular flexibility index (Phi) is 4.25. The first-order chi connectivity index (χ1) is 8.44. The summed E-state index contributed by atoms with van der Waals surface area (Å²) in [6.45, 7) is 8.24. The standard InChI is InChI=1S/C13H18BrN3S/c1-13(2,3)16-6-11-5-15-9-17(11)7-12-4-10(14)8-18-12/h4-5,8-9,16H,6-7H2,1-3H3. The lowest BCUT2D eigenvalue weighted by molar-refractivity contribution is 0.417. The summed E-state index contributed by atoms with van der Waals surface area (Å²) in [5.74, 6) is 0. The summed E-state index contributed by atoms with van der Waals surface area (Å²) >= 11 is 5.25. The maximum Gasteiger partial charge on any atom is 0.0952 e. The van der Waals surface area contributed by atoms with Crippen LogP contribution >= 0.6 is 27.3 Å². The number of aromatic nitrogens is 2. The van der Waals surface area contributed by atoms with E-state index in [1.807, 2.05) is 12.5 Å². The molecule has 0 amide bonds. The molecule has 0 aliphatic heterocycles. The third-order valence-corrected chi connectivity index (χ3v) is 4.23. The van der Waals surface area contributed by atoms with E-state index in [2.05, 4.69) is 63.0 Å². The van der Waals surface area contributed by atoms with Crippen LogP contribution in [0.25, 0.3) is 0 Å². The molecule has 2 heterocycles. The van der Waals surface area contributed by atoms with Gasteiger partial charge in [0.1, 0.15) is 0 Å². The van der Waals surface area contributed by atoms with Crippen molar-refractivity contribution in [1.82, 2.24) is 14.9 Å². The topological polar surface area (TPSA) is 29.9 Å². The van der Waals surface area contributed by atoms with Crippen molar-refractivity contribution in [1.29, 1.82) is 0 Å². The molecular weight excluding hydrogens is 310 g/mol. The van der Waals surface area contributed by atoms with Crippen molar-refractivity contribution in [2.24, 2.45) is 0 Å². The molecule has 3 nitrogen and oxygen atoms in total. The molecule has 0 aromatic carbocycles. The summed E-state index contributed by atoms with van der Waals surface area (Å²) in [5.41, 5.74) is 1.34. The van der Waals surface area contributed by atoms with E-state index in [4.69, 9.17) is 0 Å². The van der Waals surface area contributed by atoms with Crippen molar-refractivity contribution in [3.63, 3.8) is 0 Å². The number of hydrogen-bond acceptors (Lipinski definition) is 3. The van der Waals surface area contributed by atoms with Gasteiger partial charge in [-0.1, -0.05) is 0 Å². The highest BCUT2D eigenvalue weighted by atomic mass is 79.9. The molecule has 0 radical (unpaired) electrons. The second-order valence-corrected chi connectivity index (χ2v) is 7.26. The predicted molar refractivity (Wildman–Crippen MR) is 79.9 cm³/mol. The molecule has 98 valence electrons. The first-order valence-corrected chi connectivity index (χ1v) is 7.58. The average Bonchev–Trinajstić information content (AvgIpc) is 2.85. The van der Waals surface area contributed by atoms with E-state index in [0.717, 1.165) is 17.6 Å². The third kappa shape index (κ3) is 3.93. The zero-order chi connectivity index (χ0) is 13.2. The first kappa shape index (κ1) is 13.8. The molecule has 5 heteroatoms. The molecule has 2 rings (SSSR count). The Morgan fingerprint density at radius 2 is 2.22 bits per heavy atom. The smallest absolute Gasteiger partial charge is 0.0952 e. The fourth-order valence-electron chi connectivity index (χ4n) is 1.60. The van der Waals surface area contributed by atoms with Gasteiger partial charge in [-0.2, -0.15) is 0 Å². The highest BCUT2D eigenvalue weighted by Crippen LogP contribution is 2.21. The van der Waals surface area contributed by atoms with E-state index in [0.29, 0.717) is 0 Å². The van der Waals surface area contributed by atoms with Crippen LogP contribution in [-0.4, -0.2) is 15.1 Å². The number of nitrogens with one attached hydrogen (secondary N) is 1. The number of imidazole rings is 1. The van der Waals surface area contributed by atoms with Crippen molar-refractivity contribution in [2.75, 3.05) is 0 Å². The molecule has 18 heavy (non-hydrogen) atoms. The van der Waals surface area contributed by atoms with Crippen molar-refractivity contribution >= 4 is 27.3 Å². The molecule has 0 unspecified atom stereocenters. The molecule has 0 aliphatic carbocycles. The molecule has 0 saturated carbocycles. The Labute approximate surface area is 120 Å². The number of halogens is 1. The minimum atomic E-state index is 0.126. The highest BCUT2D eigenvalue weighted by Gasteiger charge is 2.11. The Morgan fingerprint density at radius 3 is 2.83 bits per heavy atom. The quantitative estimate of drug-likeness (QED) is 0.929. The van der Waals surface area contributed by atoms with Gasteiger partial charge in [-0.05, 0) is 42.8 Å². The molecule has 0 aliphatic rings. The second kappa shape index (κ2) is 5.55. The maximum absolute atomic E-state index is 4.24. The van der Waals surface area contributed by atoms with Crippen LogP contribution in [0, 0.1) is 0 Å². The summed E-state index contributed by atoms with van der Waals surface area (Å²) in [4.78, 5) is 5.57. The molecule has 0 atom stereocenters. The van der Waals surface area contributed by atoms with Gasteiger partial charge in [0.2, 0.25) is 0 Å². The van der Waals surface area contributed by atoms with Gasteiger partial charge in [-0.3, -0.25) is 0 Å². The van der Waals surface area contributed by atoms with Crippen LogP contribution in [0.5, 0.6) is 0 Å². The lowest BCUT2D eigenvalue weighted by Gasteiger charge is -2.20. The van der Waals surface area contributed by atoms with Crippen molar-refractivity contribution in [3.8, 4) is 0 Å². The van der Waals surface area contributed by atoms with E-state index in [1.54, 1.807) is 11.3 Å². The molecule has 0 fully saturated rings. The summed E-state index contributed by atoms with van der Waals surface area (Å²) < 4.78 is 3.34. The zero-order valence-corrected chi connectivity index (χ0v) is 13.3. The fraction of sp³-hybridized carbons (Fsp3) is 0.462. The third-order valence-electron chi connectivity index (χ3n) is 2.55. The fourth-order valence-corrected chi connectivity index (χ4v) is 3.05. The van der Waals surface area contributed by atoms with E-state index in [9.17, 15) is 0 Å². The molecule has 0 spiro atoms. The largest absolute Gasteiger partial charge is 0.328 e. The number of nitrogens with zero attached hydrogens (tertiary/aromatic N) is 2. The van der Waals surface area contributed by atoms with Crippen LogP contribution in [-0.2, 0) is 13.1 Å². The Morgan fingerprint density at radius 1 is 1.44 bits per heavy atom. The van der Waals surface area contributed by atoms with E-state index in [-0.39, 0.29) is 5.54 Å². The molecule has 0 bridgehead atoms. The Hall–Kier alpha value is -0.650. The minimum absolute atomic E-state index is 0.126. The Bertz CT molecular complexity index is 510. The SMILES string of the molecule is CC(C)(C)NCc1cncn1Cc1cc(Br)cs1. The predicted octanol–water partition coefficient (Wildman–Crippen LogP) is 3.64. The van der Waals surface area contributed by atoms with Crippen LogP contribution < -0.4 is 5.32 Å². The minimum Gasteiger partial charge on any atom is -0.328 e. The van der Waals surface area contributed by atoms with Crippen molar-refractivity contribution in [3.05, 3.63) is 39.0 Å². The molecule has 2 aromatic rings. The first-order valence-electron chi connectivity index (χ1n) is 5.91. The van der Waals surface area contributed by atoms with Crippen LogP contribution in [0.2, 0.25) is 0 Å². The van der Waals surface area contributed by atoms with E-state index in [1.165, 1.54) is 10.6 Å². The van der Waals surface area contributed by atoms with Gasteiger partial charge in [-0.25, -0.2) is 4.98 Å². The van der Waals surface area contributed by atoms with Gasteiger partial charge in [0.05, 0.1) is 18.6 Å². The average molecular weight is 328 g/mol. The molecular formula is C13H18BrN3S. The molecule has 0 saturated heterocycles. The van der Waals surface area contributed by atoms with Gasteiger partial charge >= 0.3 is 0 Å². The lowest BCUT2D eigenvalue weighted by Crippen LogP contribution is -2.35. The van der Waals surface area contributed by atoms with Crippen molar-refractivity contribution < 1.29 is 0 Å². The van der Waals surface area contributed by atoms with Crippen LogP contribution in [0.3, 0.4) is 0 Å². The number of thiophene rings is 1. The second-order valence-electron chi connectivity index (χ2n) is 5.35. The van der Waals surface area contributed by atoms with Crippen LogP contribution in [0.15, 0.2) is 28.4 Å². The number of hydrogen-bond donors (Lipinski definition) is 1. The lowest BCUT2D eigenvalue weighted by atomic mass is 10.1. The van der Waals surface area contributed by atoms with Gasteiger partial charge < -0.3 is 9.88 Å². The summed E-state index contributed by atoms with van der Waals surface area (Å²) in [6, 6.07) is 2.16. The normalized spacial score (nSPS) is 12.0. The Balaban J connectivity index is 2.03. The van der Waals surface area contributed by atoms with E-state index >= 15 is 0 Å². The highest BCUT2D eigenvalue weighted by molar-refractivity contribution is 9.10. The number of rotatable bonds is 4. The van der Waals surface area contributed by atoms with E-state index < -0.39 is 0 Å². The van der Waals surface area contributed by atoms with Gasteiger partial charge in [0.25, 0.3) is 0 Å². The maximum atomic E-state index is 4.24. The van der Waals surface area contributed by atoms with Crippen LogP contribution in [0.4, 0.5) is 0 Å². The summed E-state index contributed by atoms with van der Waals surface area (Å²) in [6.07, 6.45) is 3.83. The monoisotopic (exact) mass is 327 g/mol. The summed E-state index contributed by atoms with van der Waals surface area (Å²) in [7, 11) is 0.